The minimum Gasteiger partial charge on any atom is -0.494 e. The van der Waals surface area contributed by atoms with E-state index in [1.165, 1.54) is 0 Å². The molecular formula is C11H15O3. The zero-order valence-electron chi connectivity index (χ0n) is 8.58. The third kappa shape index (κ3) is 2.92. The van der Waals surface area contributed by atoms with Crippen LogP contribution in [0.25, 0.3) is 0 Å². The molecule has 0 aliphatic rings. The Hall–Kier alpha value is -1.22. The van der Waals surface area contributed by atoms with Crippen molar-refractivity contribution in [2.24, 2.45) is 0 Å². The van der Waals surface area contributed by atoms with Gasteiger partial charge in [0, 0.05) is 6.07 Å². The van der Waals surface area contributed by atoms with Crippen LogP contribution in [0.3, 0.4) is 0 Å². The van der Waals surface area contributed by atoms with Crippen LogP contribution < -0.4 is 9.47 Å². The van der Waals surface area contributed by atoms with Crippen LogP contribution in [0.2, 0.25) is 0 Å². The molecule has 0 aromatic heterocycles. The zero-order valence-corrected chi connectivity index (χ0v) is 8.58. The summed E-state index contributed by atoms with van der Waals surface area (Å²) < 4.78 is 10.6. The number of ether oxygens (including phenoxy) is 2. The van der Waals surface area contributed by atoms with Crippen molar-refractivity contribution in [3.63, 3.8) is 0 Å². The molecule has 3 heteroatoms. The Kier molecular flexibility index (Phi) is 4.26. The molecular weight excluding hydrogens is 180 g/mol. The standard InChI is InChI=1S/C11H15O3/c1-3-13-10-5-9(8-12)6-11(7-10)14-4-2/h5-7H,3-4,8H2,1-2H3. The van der Waals surface area contributed by atoms with Crippen LogP contribution in [0.4, 0.5) is 0 Å². The van der Waals surface area contributed by atoms with Crippen molar-refractivity contribution >= 4 is 0 Å². The third-order valence-electron chi connectivity index (χ3n) is 1.73. The summed E-state index contributed by atoms with van der Waals surface area (Å²) >= 11 is 0. The third-order valence-corrected chi connectivity index (χ3v) is 1.73. The van der Waals surface area contributed by atoms with Crippen LogP contribution >= 0.6 is 0 Å². The van der Waals surface area contributed by atoms with Crippen molar-refractivity contribution in [3.05, 3.63) is 23.8 Å². The number of hydrogen-bond acceptors (Lipinski definition) is 2. The molecule has 0 unspecified atom stereocenters. The van der Waals surface area contributed by atoms with Crippen LogP contribution in [0.15, 0.2) is 18.2 Å². The first-order valence-electron chi connectivity index (χ1n) is 4.77. The fraction of sp³-hybridized carbons (Fsp3) is 0.455. The molecule has 3 nitrogen and oxygen atoms in total. The fourth-order valence-corrected chi connectivity index (χ4v) is 1.21. The van der Waals surface area contributed by atoms with Crippen LogP contribution in [-0.2, 0) is 11.7 Å². The predicted octanol–water partition coefficient (Wildman–Crippen LogP) is 2.41. The van der Waals surface area contributed by atoms with Gasteiger partial charge in [-0.2, -0.15) is 0 Å². The lowest BCUT2D eigenvalue weighted by atomic mass is 10.2. The Morgan fingerprint density at radius 2 is 1.50 bits per heavy atom. The lowest BCUT2D eigenvalue weighted by Crippen LogP contribution is -1.96. The Bertz CT molecular complexity index is 260. The minimum absolute atomic E-state index is 0.249. The molecule has 1 aromatic rings. The summed E-state index contributed by atoms with van der Waals surface area (Å²) in [6, 6.07) is 5.30. The van der Waals surface area contributed by atoms with Gasteiger partial charge in [-0.1, -0.05) is 0 Å². The largest absolute Gasteiger partial charge is 0.494 e. The smallest absolute Gasteiger partial charge is 0.123 e. The highest BCUT2D eigenvalue weighted by Crippen LogP contribution is 2.23. The van der Waals surface area contributed by atoms with Gasteiger partial charge in [-0.3, -0.25) is 0 Å². The first-order chi connectivity index (χ1) is 6.80. The van der Waals surface area contributed by atoms with Crippen molar-refractivity contribution in [2.45, 2.75) is 20.5 Å². The van der Waals surface area contributed by atoms with E-state index in [0.717, 1.165) is 0 Å². The van der Waals surface area contributed by atoms with Gasteiger partial charge in [0.15, 0.2) is 0 Å². The van der Waals surface area contributed by atoms with Crippen molar-refractivity contribution < 1.29 is 14.6 Å². The lowest BCUT2D eigenvalue weighted by Gasteiger charge is -2.08. The summed E-state index contributed by atoms with van der Waals surface area (Å²) in [6.45, 7) is 4.75. The van der Waals surface area contributed by atoms with Crippen LogP contribution in [-0.4, -0.2) is 13.2 Å². The monoisotopic (exact) mass is 195 g/mol. The van der Waals surface area contributed by atoms with Gasteiger partial charge in [-0.15, -0.1) is 0 Å². The highest BCUT2D eigenvalue weighted by molar-refractivity contribution is 5.38. The Labute approximate surface area is 84.3 Å². The topological polar surface area (TPSA) is 38.4 Å². The maximum atomic E-state index is 10.7. The van der Waals surface area contributed by atoms with Gasteiger partial charge in [0.25, 0.3) is 0 Å². The summed E-state index contributed by atoms with van der Waals surface area (Å²) in [5.74, 6) is 1.40. The van der Waals surface area contributed by atoms with Crippen LogP contribution in [0.1, 0.15) is 19.4 Å². The van der Waals surface area contributed by atoms with E-state index in [9.17, 15) is 5.11 Å². The second-order valence-corrected chi connectivity index (χ2v) is 2.82. The molecule has 0 spiro atoms. The van der Waals surface area contributed by atoms with Gasteiger partial charge in [-0.05, 0) is 31.5 Å². The van der Waals surface area contributed by atoms with Crippen molar-refractivity contribution in [3.8, 4) is 11.5 Å². The molecule has 0 amide bonds. The molecule has 77 valence electrons. The van der Waals surface area contributed by atoms with Gasteiger partial charge < -0.3 is 9.47 Å². The van der Waals surface area contributed by atoms with Gasteiger partial charge in [0.2, 0.25) is 0 Å². The molecule has 0 aliphatic carbocycles. The molecule has 0 atom stereocenters. The second-order valence-electron chi connectivity index (χ2n) is 2.82. The molecule has 0 saturated heterocycles. The summed E-state index contributed by atoms with van der Waals surface area (Å²) in [6.07, 6.45) is 0. The number of benzene rings is 1. The molecule has 0 heterocycles. The predicted molar refractivity (Wildman–Crippen MR) is 53.2 cm³/mol. The maximum Gasteiger partial charge on any atom is 0.123 e. The second kappa shape index (κ2) is 5.50. The Morgan fingerprint density at radius 3 is 1.86 bits per heavy atom. The highest BCUT2D eigenvalue weighted by Gasteiger charge is 2.01. The fourth-order valence-electron chi connectivity index (χ4n) is 1.21. The van der Waals surface area contributed by atoms with E-state index in [4.69, 9.17) is 9.47 Å². The molecule has 1 radical (unpaired) electrons. The summed E-state index contributed by atoms with van der Waals surface area (Å²) in [7, 11) is 0. The van der Waals surface area contributed by atoms with E-state index in [-0.39, 0.29) is 6.61 Å². The average molecular weight is 195 g/mol. The highest BCUT2D eigenvalue weighted by atomic mass is 16.5. The maximum absolute atomic E-state index is 10.7. The van der Waals surface area contributed by atoms with Gasteiger partial charge in [0.1, 0.15) is 18.1 Å². The normalized spacial score (nSPS) is 9.93. The number of hydrogen-bond donors (Lipinski definition) is 0. The molecule has 0 aliphatic heterocycles. The van der Waals surface area contributed by atoms with E-state index in [2.05, 4.69) is 0 Å². The average Bonchev–Trinajstić information content (AvgIpc) is 2.18. The summed E-state index contributed by atoms with van der Waals surface area (Å²) in [4.78, 5) is 0. The van der Waals surface area contributed by atoms with E-state index in [1.54, 1.807) is 18.2 Å². The lowest BCUT2D eigenvalue weighted by molar-refractivity contribution is 0.176. The summed E-state index contributed by atoms with van der Waals surface area (Å²) in [5, 5.41) is 10.7. The quantitative estimate of drug-likeness (QED) is 0.723. The van der Waals surface area contributed by atoms with Gasteiger partial charge >= 0.3 is 0 Å². The molecule has 0 saturated carbocycles. The number of rotatable bonds is 5. The van der Waals surface area contributed by atoms with E-state index >= 15 is 0 Å². The van der Waals surface area contributed by atoms with Crippen molar-refractivity contribution in [2.75, 3.05) is 13.2 Å². The van der Waals surface area contributed by atoms with E-state index in [0.29, 0.717) is 30.3 Å². The molecule has 0 bridgehead atoms. The van der Waals surface area contributed by atoms with Gasteiger partial charge in [-0.25, -0.2) is 5.11 Å². The summed E-state index contributed by atoms with van der Waals surface area (Å²) in [5.41, 5.74) is 0.694. The first-order valence-corrected chi connectivity index (χ1v) is 4.77. The van der Waals surface area contributed by atoms with E-state index < -0.39 is 0 Å². The Balaban J connectivity index is 2.88. The van der Waals surface area contributed by atoms with E-state index in [1.807, 2.05) is 13.8 Å². The van der Waals surface area contributed by atoms with Crippen LogP contribution in [0, 0.1) is 0 Å². The molecule has 0 fully saturated rings. The SMILES string of the molecule is CCOc1cc(C[O])cc(OCC)c1. The van der Waals surface area contributed by atoms with Crippen molar-refractivity contribution in [1.29, 1.82) is 0 Å². The first kappa shape index (κ1) is 10.9. The minimum atomic E-state index is -0.249. The molecule has 14 heavy (non-hydrogen) atoms. The molecule has 1 rings (SSSR count). The Morgan fingerprint density at radius 1 is 1.00 bits per heavy atom. The van der Waals surface area contributed by atoms with Gasteiger partial charge in [0.05, 0.1) is 13.2 Å². The molecule has 0 N–H and O–H groups in total. The zero-order chi connectivity index (χ0) is 10.4. The van der Waals surface area contributed by atoms with Crippen molar-refractivity contribution in [1.82, 2.24) is 0 Å². The van der Waals surface area contributed by atoms with Crippen LogP contribution in [0.5, 0.6) is 11.5 Å². The molecule has 1 aromatic carbocycles.